The molecule has 1 aliphatic heterocycles. The van der Waals surface area contributed by atoms with E-state index in [1.54, 1.807) is 7.05 Å². The lowest BCUT2D eigenvalue weighted by molar-refractivity contribution is -0.145. The van der Waals surface area contributed by atoms with Gasteiger partial charge in [0.15, 0.2) is 5.96 Å². The number of likely N-dealkylation sites (tertiary alicyclic amines) is 1. The van der Waals surface area contributed by atoms with Crippen LogP contribution in [-0.4, -0.2) is 57.2 Å². The first kappa shape index (κ1) is 20.1. The maximum Gasteiger partial charge on any atom is 0.310 e. The van der Waals surface area contributed by atoms with Crippen LogP contribution >= 0.6 is 0 Å². The van der Waals surface area contributed by atoms with Gasteiger partial charge in [-0.25, -0.2) is 0 Å². The summed E-state index contributed by atoms with van der Waals surface area (Å²) in [5.74, 6) is 1.82. The molecule has 1 fully saturated rings. The maximum atomic E-state index is 11.8. The lowest BCUT2D eigenvalue weighted by atomic mass is 9.99. The van der Waals surface area contributed by atoms with Gasteiger partial charge in [0.05, 0.1) is 19.6 Å². The number of hydrogen-bond donors (Lipinski definition) is 1. The molecule has 1 heterocycles. The highest BCUT2D eigenvalue weighted by Crippen LogP contribution is 2.24. The Morgan fingerprint density at radius 1 is 1.27 bits per heavy atom. The Morgan fingerprint density at radius 2 is 2.00 bits per heavy atom. The maximum absolute atomic E-state index is 11.8. The monoisotopic (exact) mass is 361 g/mol. The van der Waals surface area contributed by atoms with E-state index >= 15 is 0 Å². The number of hydrogen-bond acceptors (Lipinski definition) is 4. The molecule has 144 valence electrons. The Morgan fingerprint density at radius 3 is 2.65 bits per heavy atom. The molecule has 1 N–H and O–H groups in total. The minimum absolute atomic E-state index is 0.0820. The van der Waals surface area contributed by atoms with Crippen molar-refractivity contribution in [2.24, 2.45) is 16.8 Å². The van der Waals surface area contributed by atoms with Crippen molar-refractivity contribution in [1.29, 1.82) is 0 Å². The first-order valence-electron chi connectivity index (χ1n) is 9.28. The van der Waals surface area contributed by atoms with Crippen LogP contribution in [0.2, 0.25) is 0 Å². The number of ether oxygens (including phenoxy) is 2. The number of nitrogens with zero attached hydrogens (tertiary/aromatic N) is 2. The van der Waals surface area contributed by atoms with Crippen molar-refractivity contribution in [3.05, 3.63) is 29.8 Å². The molecule has 6 heteroatoms. The second-order valence-electron chi connectivity index (χ2n) is 6.85. The quantitative estimate of drug-likeness (QED) is 0.350. The van der Waals surface area contributed by atoms with Crippen LogP contribution in [0.3, 0.4) is 0 Å². The predicted octanol–water partition coefficient (Wildman–Crippen LogP) is 2.47. The first-order chi connectivity index (χ1) is 12.5. The number of nitrogens with one attached hydrogen (secondary N) is 1. The molecule has 1 aromatic rings. The molecule has 0 radical (unpaired) electrons. The summed E-state index contributed by atoms with van der Waals surface area (Å²) in [6.45, 7) is 7.15. The average molecular weight is 361 g/mol. The van der Waals surface area contributed by atoms with Crippen molar-refractivity contribution in [3.8, 4) is 5.75 Å². The minimum atomic E-state index is -0.135. The summed E-state index contributed by atoms with van der Waals surface area (Å²) in [6.07, 6.45) is 1.97. The Hall–Kier alpha value is -2.24. The Labute approximate surface area is 156 Å². The third kappa shape index (κ3) is 5.64. The van der Waals surface area contributed by atoms with Gasteiger partial charge in [-0.15, -0.1) is 0 Å². The number of benzene rings is 1. The van der Waals surface area contributed by atoms with Crippen molar-refractivity contribution in [2.75, 3.05) is 40.4 Å². The summed E-state index contributed by atoms with van der Waals surface area (Å²) >= 11 is 0. The van der Waals surface area contributed by atoms with Gasteiger partial charge in [-0.2, -0.15) is 0 Å². The summed E-state index contributed by atoms with van der Waals surface area (Å²) in [7, 11) is 3.22. The highest BCUT2D eigenvalue weighted by molar-refractivity contribution is 5.82. The molecule has 2 rings (SSSR count). The molecule has 0 aromatic heterocycles. The molecule has 0 spiro atoms. The smallest absolute Gasteiger partial charge is 0.310 e. The molecule has 1 aromatic carbocycles. The van der Waals surface area contributed by atoms with Gasteiger partial charge in [-0.3, -0.25) is 9.79 Å². The number of carbonyl (C=O) groups is 1. The summed E-state index contributed by atoms with van der Waals surface area (Å²) in [6, 6.07) is 8.11. The van der Waals surface area contributed by atoms with Gasteiger partial charge in [0.1, 0.15) is 5.75 Å². The van der Waals surface area contributed by atoms with Crippen LogP contribution in [0.15, 0.2) is 29.3 Å². The summed E-state index contributed by atoms with van der Waals surface area (Å²) in [4.78, 5) is 18.3. The number of carbonyl (C=O) groups excluding carboxylic acids is 1. The largest absolute Gasteiger partial charge is 0.494 e. The van der Waals surface area contributed by atoms with Gasteiger partial charge in [0.25, 0.3) is 0 Å². The van der Waals surface area contributed by atoms with Crippen molar-refractivity contribution in [2.45, 2.75) is 26.7 Å². The standard InChI is InChI=1S/C20H31N3O3/c1-15-7-9-17(10-8-15)26-12-6-5-11-22-20(21-3)23-13-16(2)18(14-23)19(24)25-4/h7-10,16,18H,5-6,11-14H2,1-4H3,(H,21,22). The summed E-state index contributed by atoms with van der Waals surface area (Å²) in [5, 5.41) is 3.38. The van der Waals surface area contributed by atoms with Gasteiger partial charge >= 0.3 is 5.97 Å². The molecule has 26 heavy (non-hydrogen) atoms. The highest BCUT2D eigenvalue weighted by Gasteiger charge is 2.36. The van der Waals surface area contributed by atoms with Crippen molar-refractivity contribution in [3.63, 3.8) is 0 Å². The van der Waals surface area contributed by atoms with E-state index in [4.69, 9.17) is 9.47 Å². The first-order valence-corrected chi connectivity index (χ1v) is 9.28. The van der Waals surface area contributed by atoms with Crippen molar-refractivity contribution >= 4 is 11.9 Å². The van der Waals surface area contributed by atoms with E-state index in [9.17, 15) is 4.79 Å². The Balaban J connectivity index is 1.66. The van der Waals surface area contributed by atoms with E-state index in [0.717, 1.165) is 37.6 Å². The molecule has 2 atom stereocenters. The zero-order chi connectivity index (χ0) is 18.9. The van der Waals surface area contributed by atoms with E-state index in [1.807, 2.05) is 12.1 Å². The lowest BCUT2D eigenvalue weighted by Gasteiger charge is -2.21. The number of methoxy groups -OCH3 is 1. The molecule has 1 aliphatic rings. The minimum Gasteiger partial charge on any atom is -0.494 e. The molecular weight excluding hydrogens is 330 g/mol. The van der Waals surface area contributed by atoms with Gasteiger partial charge in [0.2, 0.25) is 0 Å². The third-order valence-electron chi connectivity index (χ3n) is 4.77. The van der Waals surface area contributed by atoms with Crippen molar-refractivity contribution < 1.29 is 14.3 Å². The van der Waals surface area contributed by atoms with Crippen LogP contribution in [0, 0.1) is 18.8 Å². The van der Waals surface area contributed by atoms with Crippen LogP contribution in [-0.2, 0) is 9.53 Å². The second-order valence-corrected chi connectivity index (χ2v) is 6.85. The topological polar surface area (TPSA) is 63.2 Å². The molecule has 0 amide bonds. The van der Waals surface area contributed by atoms with Gasteiger partial charge in [0, 0.05) is 26.7 Å². The predicted molar refractivity (Wildman–Crippen MR) is 104 cm³/mol. The average Bonchev–Trinajstić information content (AvgIpc) is 3.03. The SMILES string of the molecule is CN=C(NCCCCOc1ccc(C)cc1)N1CC(C)C(C(=O)OC)C1. The fourth-order valence-corrected chi connectivity index (χ4v) is 3.18. The number of esters is 1. The van der Waals surface area contributed by atoms with E-state index in [2.05, 4.69) is 41.2 Å². The van der Waals surface area contributed by atoms with Crippen LogP contribution in [0.1, 0.15) is 25.3 Å². The summed E-state index contributed by atoms with van der Waals surface area (Å²) in [5.41, 5.74) is 1.23. The van der Waals surface area contributed by atoms with Gasteiger partial charge in [-0.1, -0.05) is 24.6 Å². The fourth-order valence-electron chi connectivity index (χ4n) is 3.18. The van der Waals surface area contributed by atoms with Crippen molar-refractivity contribution in [1.82, 2.24) is 10.2 Å². The second kappa shape index (κ2) is 10.0. The number of aryl methyl sites for hydroxylation is 1. The Kier molecular flexibility index (Phi) is 7.75. The molecule has 0 bridgehead atoms. The molecule has 0 aliphatic carbocycles. The molecule has 0 saturated carbocycles. The highest BCUT2D eigenvalue weighted by atomic mass is 16.5. The van der Waals surface area contributed by atoms with E-state index in [-0.39, 0.29) is 17.8 Å². The Bertz CT molecular complexity index is 601. The van der Waals surface area contributed by atoms with E-state index < -0.39 is 0 Å². The molecule has 1 saturated heterocycles. The normalized spacial score (nSPS) is 20.2. The number of aliphatic imine (C=N–C) groups is 1. The zero-order valence-corrected chi connectivity index (χ0v) is 16.3. The number of rotatable bonds is 7. The molecule has 2 unspecified atom stereocenters. The van der Waals surface area contributed by atoms with Crippen LogP contribution in [0.25, 0.3) is 0 Å². The van der Waals surface area contributed by atoms with Gasteiger partial charge in [-0.05, 0) is 37.8 Å². The van der Waals surface area contributed by atoms with Gasteiger partial charge < -0.3 is 19.7 Å². The van der Waals surface area contributed by atoms with E-state index in [1.165, 1.54) is 12.7 Å². The zero-order valence-electron chi connectivity index (χ0n) is 16.3. The summed E-state index contributed by atoms with van der Waals surface area (Å²) < 4.78 is 10.6. The third-order valence-corrected chi connectivity index (χ3v) is 4.77. The lowest BCUT2D eigenvalue weighted by Crippen LogP contribution is -2.41. The number of unbranched alkanes of at least 4 members (excludes halogenated alkanes) is 1. The van der Waals surface area contributed by atoms with E-state index in [0.29, 0.717) is 13.2 Å². The molecular formula is C20H31N3O3. The van der Waals surface area contributed by atoms with Crippen LogP contribution in [0.5, 0.6) is 5.75 Å². The number of guanidine groups is 1. The van der Waals surface area contributed by atoms with Crippen LogP contribution < -0.4 is 10.1 Å². The fraction of sp³-hybridized carbons (Fsp3) is 0.600. The van der Waals surface area contributed by atoms with Crippen LogP contribution in [0.4, 0.5) is 0 Å². The molecule has 6 nitrogen and oxygen atoms in total.